The highest BCUT2D eigenvalue weighted by molar-refractivity contribution is 7.02. The molecule has 3 heteroatoms. The zero-order valence-corrected chi connectivity index (χ0v) is 11.0. The van der Waals surface area contributed by atoms with Crippen molar-refractivity contribution in [1.29, 1.82) is 0 Å². The van der Waals surface area contributed by atoms with Gasteiger partial charge in [0.2, 0.25) is 0 Å². The molecule has 0 bridgehead atoms. The summed E-state index contributed by atoms with van der Waals surface area (Å²) in [7, 11) is 4.89. The predicted molar refractivity (Wildman–Crippen MR) is 53.6 cm³/mol. The van der Waals surface area contributed by atoms with E-state index in [9.17, 15) is 0 Å². The third-order valence-electron chi connectivity index (χ3n) is 2.75. The summed E-state index contributed by atoms with van der Waals surface area (Å²) in [5, 5.41) is 0.537. The van der Waals surface area contributed by atoms with Crippen LogP contribution in [0.15, 0.2) is 0 Å². The normalized spacial score (nSPS) is 13.0. The fourth-order valence-corrected chi connectivity index (χ4v) is 9.75. The second kappa shape index (κ2) is 3.79. The van der Waals surface area contributed by atoms with Crippen LogP contribution in [0.1, 0.15) is 20.8 Å². The summed E-state index contributed by atoms with van der Waals surface area (Å²) in [5.74, 6) is 0. The van der Waals surface area contributed by atoms with Crippen LogP contribution in [0.3, 0.4) is 0 Å². The molecule has 0 saturated carbocycles. The van der Waals surface area contributed by atoms with E-state index in [1.807, 2.05) is 0 Å². The molecule has 58 valence electrons. The highest BCUT2D eigenvalue weighted by Gasteiger charge is 2.33. The summed E-state index contributed by atoms with van der Waals surface area (Å²) in [6.07, 6.45) is 0. The molecular weight excluding hydrogens is 172 g/mol. The third-order valence-corrected chi connectivity index (χ3v) is 14.3. The van der Waals surface area contributed by atoms with Crippen molar-refractivity contribution in [3.8, 4) is 0 Å². The van der Waals surface area contributed by atoms with Crippen LogP contribution in [0.4, 0.5) is 0 Å². The Morgan fingerprint density at radius 2 is 1.70 bits per heavy atom. The van der Waals surface area contributed by atoms with Crippen molar-refractivity contribution >= 4 is 36.4 Å². The van der Waals surface area contributed by atoms with Gasteiger partial charge in [-0.25, -0.2) is 0 Å². The molecule has 0 aromatic heterocycles. The Hall–Kier alpha value is 1.27. The van der Waals surface area contributed by atoms with Gasteiger partial charge in [0, 0.05) is 8.07 Å². The summed E-state index contributed by atoms with van der Waals surface area (Å²) in [4.78, 5) is 0. The SMILES string of the molecule is CC(C)(C)[Si](C)(C)[CH2][Mg][Cl]. The molecule has 0 atom stereocenters. The van der Waals surface area contributed by atoms with Crippen LogP contribution in [0, 0.1) is 0 Å². The molecular formula is C7H17ClMgSi. The van der Waals surface area contributed by atoms with E-state index in [1.54, 1.807) is 0 Å². The number of hydrogen-bond acceptors (Lipinski definition) is 0. The molecule has 0 saturated heterocycles. The smallest absolute Gasteiger partial charge is 0.346 e. The maximum absolute atomic E-state index is 5.87. The average molecular weight is 189 g/mol. The van der Waals surface area contributed by atoms with E-state index >= 15 is 0 Å². The van der Waals surface area contributed by atoms with Gasteiger partial charge in [0.05, 0.1) is 0 Å². The Morgan fingerprint density at radius 3 is 1.80 bits per heavy atom. The van der Waals surface area contributed by atoms with Crippen molar-refractivity contribution in [3.63, 3.8) is 0 Å². The molecule has 0 radical (unpaired) electrons. The number of halogens is 1. The van der Waals surface area contributed by atoms with E-state index in [1.165, 1.54) is 4.17 Å². The first-order valence-corrected chi connectivity index (χ1v) is 10.2. The van der Waals surface area contributed by atoms with Crippen molar-refractivity contribution in [2.45, 2.75) is 43.1 Å². The molecule has 0 heterocycles. The van der Waals surface area contributed by atoms with Gasteiger partial charge in [-0.3, -0.25) is 0 Å². The lowest BCUT2D eigenvalue weighted by atomic mass is 10.2. The van der Waals surface area contributed by atoms with Crippen molar-refractivity contribution < 1.29 is 0 Å². The summed E-state index contributed by atoms with van der Waals surface area (Å²) < 4.78 is 1.37. The maximum Gasteiger partial charge on any atom is 0.498 e. The lowest BCUT2D eigenvalue weighted by Crippen LogP contribution is -2.37. The van der Waals surface area contributed by atoms with Crippen LogP contribution in [0.5, 0.6) is 0 Å². The molecule has 0 fully saturated rings. The minimum Gasteiger partial charge on any atom is -0.346 e. The maximum atomic E-state index is 5.87. The standard InChI is InChI=1S/C7H17Si.ClH.Mg/c1-7(2,3)8(4,5)6;;/h4H2,1-3,5-6H3;1H;/q;;+1/p-1. The fraction of sp³-hybridized carbons (Fsp3) is 1.00. The first-order valence-electron chi connectivity index (χ1n) is 3.87. The topological polar surface area (TPSA) is 0 Å². The lowest BCUT2D eigenvalue weighted by Gasteiger charge is -2.37. The Morgan fingerprint density at radius 1 is 1.30 bits per heavy atom. The van der Waals surface area contributed by atoms with Crippen molar-refractivity contribution in [1.82, 2.24) is 0 Å². The molecule has 0 aliphatic heterocycles. The van der Waals surface area contributed by atoms with Gasteiger partial charge in [0.1, 0.15) is 0 Å². The summed E-state index contributed by atoms with van der Waals surface area (Å²) in [6, 6.07) is 0. The summed E-state index contributed by atoms with van der Waals surface area (Å²) in [6.45, 7) is 11.9. The van der Waals surface area contributed by atoms with E-state index in [4.69, 9.17) is 9.07 Å². The quantitative estimate of drug-likeness (QED) is 0.584. The van der Waals surface area contributed by atoms with Gasteiger partial charge in [-0.15, -0.1) is 4.17 Å². The van der Waals surface area contributed by atoms with Crippen LogP contribution in [-0.4, -0.2) is 27.3 Å². The number of rotatable bonds is 2. The Bertz CT molecular complexity index is 107. The van der Waals surface area contributed by atoms with Crippen molar-refractivity contribution in [2.75, 3.05) is 0 Å². The molecule has 10 heavy (non-hydrogen) atoms. The Labute approximate surface area is 79.2 Å². The predicted octanol–water partition coefficient (Wildman–Crippen LogP) is 3.31. The molecule has 0 amide bonds. The molecule has 0 rings (SSSR count). The largest absolute Gasteiger partial charge is 0.498 e. The van der Waals surface area contributed by atoms with Crippen LogP contribution in [-0.2, 0) is 0 Å². The van der Waals surface area contributed by atoms with Gasteiger partial charge in [-0.2, -0.15) is 0 Å². The van der Waals surface area contributed by atoms with Gasteiger partial charge in [0.25, 0.3) is 0 Å². The molecule has 0 aromatic rings. The average Bonchev–Trinajstić information content (AvgIpc) is 1.61. The zero-order chi connectivity index (χ0) is 8.41. The Balaban J connectivity index is 4.10. The van der Waals surface area contributed by atoms with Crippen molar-refractivity contribution in [2.24, 2.45) is 0 Å². The van der Waals surface area contributed by atoms with Crippen LogP contribution in [0.25, 0.3) is 0 Å². The van der Waals surface area contributed by atoms with Crippen LogP contribution in [0.2, 0.25) is 22.3 Å². The van der Waals surface area contributed by atoms with Crippen LogP contribution < -0.4 is 0 Å². The molecule has 0 aliphatic carbocycles. The van der Waals surface area contributed by atoms with Gasteiger partial charge in [-0.05, 0) is 5.04 Å². The van der Waals surface area contributed by atoms with E-state index in [0.717, 1.165) is 0 Å². The molecule has 0 unspecified atom stereocenters. The molecule has 0 N–H and O–H groups in total. The van der Waals surface area contributed by atoms with E-state index in [0.29, 0.717) is 5.04 Å². The monoisotopic (exact) mass is 188 g/mol. The molecule has 0 spiro atoms. The van der Waals surface area contributed by atoms with E-state index in [-0.39, 0.29) is 19.3 Å². The first kappa shape index (κ1) is 11.3. The zero-order valence-electron chi connectivity index (χ0n) is 7.79. The van der Waals surface area contributed by atoms with Gasteiger partial charge >= 0.3 is 19.3 Å². The van der Waals surface area contributed by atoms with Gasteiger partial charge in [-0.1, -0.05) is 33.9 Å². The van der Waals surface area contributed by atoms with Crippen molar-refractivity contribution in [3.05, 3.63) is 0 Å². The highest BCUT2D eigenvalue weighted by atomic mass is 35.5. The minimum absolute atomic E-state index is 0.236. The van der Waals surface area contributed by atoms with Gasteiger partial charge in [0.15, 0.2) is 0 Å². The van der Waals surface area contributed by atoms with E-state index < -0.39 is 8.07 Å². The van der Waals surface area contributed by atoms with Crippen LogP contribution >= 0.6 is 9.07 Å². The molecule has 0 nitrogen and oxygen atoms in total. The summed E-state index contributed by atoms with van der Waals surface area (Å²) >= 11 is -0.236. The summed E-state index contributed by atoms with van der Waals surface area (Å²) in [5.41, 5.74) is 0. The second-order valence-electron chi connectivity index (χ2n) is 4.57. The molecule has 0 aliphatic rings. The van der Waals surface area contributed by atoms with E-state index in [2.05, 4.69) is 33.9 Å². The first-order chi connectivity index (χ1) is 4.31. The lowest BCUT2D eigenvalue weighted by molar-refractivity contribution is 0.722. The fourth-order valence-electron chi connectivity index (χ4n) is 0.611. The second-order valence-corrected chi connectivity index (χ2v) is 13.4. The third kappa shape index (κ3) is 3.12. The number of hydrogen-bond donors (Lipinski definition) is 0. The van der Waals surface area contributed by atoms with Gasteiger partial charge < -0.3 is 9.07 Å². The minimum atomic E-state index is -0.975. The Kier molecular flexibility index (Phi) is 4.27. The highest BCUT2D eigenvalue weighted by Crippen LogP contribution is 2.38. The molecule has 0 aromatic carbocycles.